The molecule has 1 aromatic rings. The van der Waals surface area contributed by atoms with Gasteiger partial charge in [-0.25, -0.2) is 0 Å². The summed E-state index contributed by atoms with van der Waals surface area (Å²) in [5.74, 6) is 0.516. The number of carbonyl (C=O) groups is 1. The van der Waals surface area contributed by atoms with Crippen LogP contribution < -0.4 is 9.47 Å². The lowest BCUT2D eigenvalue weighted by atomic mass is 9.86. The van der Waals surface area contributed by atoms with Crippen LogP contribution in [0, 0.1) is 0 Å². The second-order valence-electron chi connectivity index (χ2n) is 4.29. The number of rotatable bonds is 2. The molecule has 0 N–H and O–H groups in total. The zero-order valence-electron chi connectivity index (χ0n) is 11.7. The lowest BCUT2D eigenvalue weighted by Gasteiger charge is -2.15. The number of carbonyl (C=O) groups excluding carboxylic acids is 1. The molecule has 2 rings (SSSR count). The van der Waals surface area contributed by atoms with E-state index < -0.39 is 7.04 Å². The molecule has 0 bridgehead atoms. The van der Waals surface area contributed by atoms with Gasteiger partial charge < -0.3 is 9.47 Å². The van der Waals surface area contributed by atoms with Crippen molar-refractivity contribution in [1.29, 1.82) is 0 Å². The highest BCUT2D eigenvalue weighted by molar-refractivity contribution is 5.78. The van der Waals surface area contributed by atoms with Crippen molar-refractivity contribution >= 4 is 6.29 Å². The topological polar surface area (TPSA) is 35.5 Å². The van der Waals surface area contributed by atoms with E-state index in [0.717, 1.165) is 5.56 Å². The van der Waals surface area contributed by atoms with E-state index in [1.165, 1.54) is 6.07 Å². The van der Waals surface area contributed by atoms with Gasteiger partial charge in [-0.1, -0.05) is 13.8 Å². The fourth-order valence-corrected chi connectivity index (χ4v) is 1.75. The van der Waals surface area contributed by atoms with Gasteiger partial charge >= 0.3 is 0 Å². The summed E-state index contributed by atoms with van der Waals surface area (Å²) in [6.45, 7) is 4.36. The Morgan fingerprint density at radius 1 is 1.60 bits per heavy atom. The summed E-state index contributed by atoms with van der Waals surface area (Å²) in [4.78, 5) is 10.9. The predicted octanol–water partition coefficient (Wildman–Crippen LogP) is 2.18. The van der Waals surface area contributed by atoms with Crippen LogP contribution in [-0.2, 0) is 5.41 Å². The third kappa shape index (κ3) is 1.48. The molecule has 0 atom stereocenters. The molecule has 0 aromatic heterocycles. The van der Waals surface area contributed by atoms with Gasteiger partial charge in [0, 0.05) is 16.5 Å². The fourth-order valence-electron chi connectivity index (χ4n) is 1.75. The normalized spacial score (nSPS) is 20.5. The third-order valence-electron chi connectivity index (χ3n) is 2.63. The van der Waals surface area contributed by atoms with E-state index in [-0.39, 0.29) is 11.2 Å². The molecule has 0 saturated heterocycles. The smallest absolute Gasteiger partial charge is 0.165 e. The zero-order chi connectivity index (χ0) is 13.6. The first-order chi connectivity index (χ1) is 8.23. The summed E-state index contributed by atoms with van der Waals surface area (Å²) >= 11 is 0. The van der Waals surface area contributed by atoms with Gasteiger partial charge in [-0.2, -0.15) is 0 Å². The Labute approximate surface area is 93.2 Å². The van der Waals surface area contributed by atoms with Gasteiger partial charge in [0.15, 0.2) is 11.5 Å². The second-order valence-corrected chi connectivity index (χ2v) is 4.29. The minimum atomic E-state index is -2.56. The van der Waals surface area contributed by atoms with Crippen molar-refractivity contribution in [3.8, 4) is 11.5 Å². The Bertz CT molecular complexity index is 492. The van der Waals surface area contributed by atoms with Gasteiger partial charge in [-0.3, -0.25) is 4.79 Å². The number of benzene rings is 1. The predicted molar refractivity (Wildman–Crippen MR) is 56.9 cm³/mol. The molecule has 0 amide bonds. The molecule has 80 valence electrons. The van der Waals surface area contributed by atoms with Crippen LogP contribution in [0.4, 0.5) is 0 Å². The van der Waals surface area contributed by atoms with Crippen LogP contribution in [0.2, 0.25) is 0 Å². The average molecular weight is 209 g/mol. The van der Waals surface area contributed by atoms with Crippen molar-refractivity contribution in [1.82, 2.24) is 0 Å². The van der Waals surface area contributed by atoms with Crippen molar-refractivity contribution in [3.05, 3.63) is 23.3 Å². The number of ether oxygens (including phenoxy) is 2. The molecule has 3 heteroatoms. The van der Waals surface area contributed by atoms with Crippen molar-refractivity contribution < 1.29 is 18.4 Å². The maximum atomic E-state index is 10.9. The van der Waals surface area contributed by atoms with Crippen LogP contribution in [0.1, 0.15) is 33.9 Å². The minimum Gasteiger partial charge on any atom is -0.493 e. The Balaban J connectivity index is 2.54. The van der Waals surface area contributed by atoms with E-state index >= 15 is 0 Å². The van der Waals surface area contributed by atoms with E-state index in [9.17, 15) is 4.79 Å². The zero-order valence-corrected chi connectivity index (χ0v) is 8.66. The van der Waals surface area contributed by atoms with Crippen LogP contribution in [0.3, 0.4) is 0 Å². The van der Waals surface area contributed by atoms with Crippen LogP contribution in [-0.4, -0.2) is 19.9 Å². The van der Waals surface area contributed by atoms with Crippen molar-refractivity contribution in [2.24, 2.45) is 0 Å². The summed E-state index contributed by atoms with van der Waals surface area (Å²) < 4.78 is 31.8. The number of aldehydes is 1. The van der Waals surface area contributed by atoms with Crippen LogP contribution in [0.25, 0.3) is 0 Å². The van der Waals surface area contributed by atoms with Crippen molar-refractivity contribution in [2.45, 2.75) is 19.3 Å². The summed E-state index contributed by atoms with van der Waals surface area (Å²) in [5.41, 5.74) is 0.916. The van der Waals surface area contributed by atoms with Crippen molar-refractivity contribution in [3.63, 3.8) is 0 Å². The van der Waals surface area contributed by atoms with Crippen LogP contribution in [0.5, 0.6) is 11.5 Å². The first-order valence-corrected chi connectivity index (χ1v) is 4.68. The Morgan fingerprint density at radius 3 is 3.07 bits per heavy atom. The van der Waals surface area contributed by atoms with Crippen LogP contribution in [0.15, 0.2) is 12.1 Å². The molecular weight excluding hydrogens is 192 g/mol. The molecule has 0 saturated carbocycles. The first-order valence-electron chi connectivity index (χ1n) is 6.18. The Hall–Kier alpha value is -1.51. The Morgan fingerprint density at radius 2 is 2.40 bits per heavy atom. The van der Waals surface area contributed by atoms with Gasteiger partial charge in [0.05, 0.1) is 17.8 Å². The minimum absolute atomic E-state index is 0.0974. The number of hydrogen-bond acceptors (Lipinski definition) is 3. The molecular formula is C12H14O3. The molecule has 1 heterocycles. The highest BCUT2D eigenvalue weighted by Gasteiger charge is 2.34. The van der Waals surface area contributed by atoms with Gasteiger partial charge in [0.2, 0.25) is 0 Å². The molecule has 0 spiro atoms. The molecule has 3 nitrogen and oxygen atoms in total. The monoisotopic (exact) mass is 209 g/mol. The quantitative estimate of drug-likeness (QED) is 0.700. The highest BCUT2D eigenvalue weighted by Crippen LogP contribution is 2.44. The van der Waals surface area contributed by atoms with Crippen molar-refractivity contribution in [2.75, 3.05) is 13.6 Å². The fraction of sp³-hybridized carbons (Fsp3) is 0.417. The van der Waals surface area contributed by atoms with Gasteiger partial charge in [-0.15, -0.1) is 0 Å². The summed E-state index contributed by atoms with van der Waals surface area (Å²) in [6.07, 6.45) is 0.668. The lowest BCUT2D eigenvalue weighted by molar-refractivity contribution is 0.112. The molecule has 1 aliphatic rings. The number of fused-ring (bicyclic) bond motifs is 1. The van der Waals surface area contributed by atoms with Crippen LogP contribution >= 0.6 is 0 Å². The van der Waals surface area contributed by atoms with E-state index in [1.54, 1.807) is 6.07 Å². The third-order valence-corrected chi connectivity index (χ3v) is 2.63. The van der Waals surface area contributed by atoms with Gasteiger partial charge in [0.25, 0.3) is 0 Å². The maximum absolute atomic E-state index is 10.9. The van der Waals surface area contributed by atoms with Gasteiger partial charge in [0.1, 0.15) is 6.29 Å². The standard InChI is InChI=1S/C12H14O3/c1-12(2)7-15-11-9(12)4-8(6-13)5-10(11)14-3/h4-6H,7H2,1-3H3/i3D3. The lowest BCUT2D eigenvalue weighted by Crippen LogP contribution is -2.18. The van der Waals surface area contributed by atoms with E-state index in [4.69, 9.17) is 13.6 Å². The SMILES string of the molecule is [2H]C([2H])([2H])Oc1cc(C=O)cc2c1OCC2(C)C. The average Bonchev–Trinajstić information content (AvgIpc) is 2.53. The molecule has 1 aromatic carbocycles. The summed E-state index contributed by atoms with van der Waals surface area (Å²) in [5, 5.41) is 0. The maximum Gasteiger partial charge on any atom is 0.165 e. The van der Waals surface area contributed by atoms with E-state index in [0.29, 0.717) is 24.2 Å². The largest absolute Gasteiger partial charge is 0.493 e. The summed E-state index contributed by atoms with van der Waals surface area (Å²) in [7, 11) is -2.56. The van der Waals surface area contributed by atoms with E-state index in [1.807, 2.05) is 13.8 Å². The molecule has 15 heavy (non-hydrogen) atoms. The number of hydrogen-bond donors (Lipinski definition) is 0. The molecule has 1 aliphatic heterocycles. The molecule has 0 radical (unpaired) electrons. The molecule has 0 aliphatic carbocycles. The molecule has 0 fully saturated rings. The Kier molecular flexibility index (Phi) is 1.50. The second kappa shape index (κ2) is 3.26. The number of methoxy groups -OCH3 is 1. The molecule has 0 unspecified atom stereocenters. The van der Waals surface area contributed by atoms with E-state index in [2.05, 4.69) is 0 Å². The highest BCUT2D eigenvalue weighted by atomic mass is 16.5. The first kappa shape index (κ1) is 6.88. The summed E-state index contributed by atoms with van der Waals surface area (Å²) in [6, 6.07) is 3.10. The van der Waals surface area contributed by atoms with Gasteiger partial charge in [-0.05, 0) is 12.1 Å².